The molecular formula is C17H24N2O2. The van der Waals surface area contributed by atoms with Gasteiger partial charge in [0, 0.05) is 12.2 Å². The van der Waals surface area contributed by atoms with E-state index in [0.717, 1.165) is 44.5 Å². The number of piperidine rings is 1. The van der Waals surface area contributed by atoms with Gasteiger partial charge in [-0.2, -0.15) is 0 Å². The number of ether oxygens (including phenoxy) is 1. The lowest BCUT2D eigenvalue weighted by molar-refractivity contribution is 0.0929. The predicted molar refractivity (Wildman–Crippen MR) is 82.7 cm³/mol. The average Bonchev–Trinajstić information content (AvgIpc) is 3.00. The van der Waals surface area contributed by atoms with Crippen molar-refractivity contribution in [3.8, 4) is 0 Å². The van der Waals surface area contributed by atoms with Gasteiger partial charge >= 0.3 is 0 Å². The van der Waals surface area contributed by atoms with E-state index in [1.807, 2.05) is 6.07 Å². The summed E-state index contributed by atoms with van der Waals surface area (Å²) in [7, 11) is 0. The topological polar surface area (TPSA) is 50.4 Å². The largest absolute Gasteiger partial charge is 0.379 e. The molecule has 4 heteroatoms. The van der Waals surface area contributed by atoms with Crippen LogP contribution in [-0.2, 0) is 4.74 Å². The normalized spacial score (nSPS) is 23.2. The third kappa shape index (κ3) is 3.63. The summed E-state index contributed by atoms with van der Waals surface area (Å²) in [4.78, 5) is 12.4. The number of hydrogen-bond donors (Lipinski definition) is 2. The van der Waals surface area contributed by atoms with Gasteiger partial charge in [-0.15, -0.1) is 0 Å². The van der Waals surface area contributed by atoms with Crippen LogP contribution in [0.25, 0.3) is 0 Å². The summed E-state index contributed by atoms with van der Waals surface area (Å²) in [5.74, 6) is 0.608. The van der Waals surface area contributed by atoms with Crippen molar-refractivity contribution in [3.05, 3.63) is 34.9 Å². The molecule has 0 bridgehead atoms. The van der Waals surface area contributed by atoms with Crippen molar-refractivity contribution in [1.82, 2.24) is 10.6 Å². The van der Waals surface area contributed by atoms with Crippen LogP contribution in [0.15, 0.2) is 18.2 Å². The Balaban J connectivity index is 1.74. The highest BCUT2D eigenvalue weighted by Gasteiger charge is 2.20. The molecule has 0 radical (unpaired) electrons. The second-order valence-electron chi connectivity index (χ2n) is 6.19. The zero-order valence-corrected chi connectivity index (χ0v) is 12.7. The van der Waals surface area contributed by atoms with E-state index in [4.69, 9.17) is 4.74 Å². The quantitative estimate of drug-likeness (QED) is 0.894. The van der Waals surface area contributed by atoms with Crippen molar-refractivity contribution in [2.75, 3.05) is 26.3 Å². The Morgan fingerprint density at radius 3 is 2.76 bits per heavy atom. The molecule has 1 aromatic rings. The molecule has 0 spiro atoms. The van der Waals surface area contributed by atoms with E-state index in [2.05, 4.69) is 29.7 Å². The van der Waals surface area contributed by atoms with Gasteiger partial charge in [0.1, 0.15) is 0 Å². The van der Waals surface area contributed by atoms with Gasteiger partial charge in [0.05, 0.1) is 12.6 Å². The van der Waals surface area contributed by atoms with E-state index in [0.29, 0.717) is 12.5 Å². The maximum atomic E-state index is 12.4. The van der Waals surface area contributed by atoms with Crippen LogP contribution in [0.3, 0.4) is 0 Å². The smallest absolute Gasteiger partial charge is 0.251 e. The molecule has 0 aromatic heterocycles. The zero-order valence-electron chi connectivity index (χ0n) is 12.7. The van der Waals surface area contributed by atoms with Gasteiger partial charge in [0.2, 0.25) is 0 Å². The number of carbonyl (C=O) groups is 1. The fraction of sp³-hybridized carbons (Fsp3) is 0.588. The maximum Gasteiger partial charge on any atom is 0.251 e. The van der Waals surface area contributed by atoms with Gasteiger partial charge in [-0.05, 0) is 62.9 Å². The average molecular weight is 288 g/mol. The molecule has 0 aliphatic carbocycles. The summed E-state index contributed by atoms with van der Waals surface area (Å²) in [5.41, 5.74) is 3.26. The van der Waals surface area contributed by atoms with E-state index in [9.17, 15) is 4.79 Å². The van der Waals surface area contributed by atoms with Crippen molar-refractivity contribution >= 4 is 5.91 Å². The third-order valence-corrected chi connectivity index (χ3v) is 4.44. The molecule has 2 aliphatic heterocycles. The Hall–Kier alpha value is -1.39. The van der Waals surface area contributed by atoms with Gasteiger partial charge in [-0.1, -0.05) is 11.6 Å². The molecule has 2 heterocycles. The Morgan fingerprint density at radius 1 is 1.24 bits per heavy atom. The second kappa shape index (κ2) is 6.58. The lowest BCUT2D eigenvalue weighted by Crippen LogP contribution is -2.35. The Morgan fingerprint density at radius 2 is 2.05 bits per heavy atom. The summed E-state index contributed by atoms with van der Waals surface area (Å²) < 4.78 is 5.31. The summed E-state index contributed by atoms with van der Waals surface area (Å²) >= 11 is 0. The number of rotatable bonds is 3. The molecule has 1 unspecified atom stereocenters. The van der Waals surface area contributed by atoms with Crippen LogP contribution in [0, 0.1) is 6.92 Å². The third-order valence-electron chi connectivity index (χ3n) is 4.44. The van der Waals surface area contributed by atoms with Crippen molar-refractivity contribution in [2.24, 2.45) is 0 Å². The van der Waals surface area contributed by atoms with Gasteiger partial charge < -0.3 is 15.4 Å². The minimum Gasteiger partial charge on any atom is -0.379 e. The number of aryl methyl sites for hydroxylation is 1. The zero-order chi connectivity index (χ0) is 14.7. The summed E-state index contributed by atoms with van der Waals surface area (Å²) in [6.07, 6.45) is 3.22. The molecule has 2 fully saturated rings. The first-order chi connectivity index (χ1) is 10.2. The fourth-order valence-electron chi connectivity index (χ4n) is 3.25. The van der Waals surface area contributed by atoms with Crippen LogP contribution in [0.5, 0.6) is 0 Å². The predicted octanol–water partition coefficient (Wildman–Crippen LogP) is 1.98. The minimum absolute atomic E-state index is 0.0318. The van der Waals surface area contributed by atoms with Gasteiger partial charge in [0.25, 0.3) is 5.91 Å². The Labute approximate surface area is 126 Å². The monoisotopic (exact) mass is 288 g/mol. The molecule has 1 amide bonds. The molecule has 1 atom stereocenters. The number of carbonyl (C=O) groups excluding carboxylic acids is 1. The maximum absolute atomic E-state index is 12.4. The molecule has 4 nitrogen and oxygen atoms in total. The summed E-state index contributed by atoms with van der Waals surface area (Å²) in [6, 6.07) is 6.45. The van der Waals surface area contributed by atoms with Crippen molar-refractivity contribution in [3.63, 3.8) is 0 Å². The molecule has 2 saturated heterocycles. The first kappa shape index (κ1) is 14.5. The van der Waals surface area contributed by atoms with E-state index in [1.54, 1.807) is 0 Å². The van der Waals surface area contributed by atoms with E-state index < -0.39 is 0 Å². The molecule has 0 saturated carbocycles. The van der Waals surface area contributed by atoms with E-state index in [1.165, 1.54) is 11.1 Å². The molecule has 114 valence electrons. The molecule has 2 N–H and O–H groups in total. The van der Waals surface area contributed by atoms with Crippen LogP contribution in [0.4, 0.5) is 0 Å². The van der Waals surface area contributed by atoms with Crippen LogP contribution < -0.4 is 10.6 Å². The van der Waals surface area contributed by atoms with Crippen molar-refractivity contribution in [2.45, 2.75) is 38.1 Å². The summed E-state index contributed by atoms with van der Waals surface area (Å²) in [6.45, 7) is 5.59. The molecular weight excluding hydrogens is 264 g/mol. The van der Waals surface area contributed by atoms with Gasteiger partial charge in [0.15, 0.2) is 0 Å². The summed E-state index contributed by atoms with van der Waals surface area (Å²) in [5, 5.41) is 6.47. The fourth-order valence-corrected chi connectivity index (χ4v) is 3.25. The van der Waals surface area contributed by atoms with Gasteiger partial charge in [-0.3, -0.25) is 4.79 Å². The SMILES string of the molecule is Cc1cc(C(=O)NC2CCOC2)cc(C2CCNCC2)c1. The first-order valence-corrected chi connectivity index (χ1v) is 7.93. The highest BCUT2D eigenvalue weighted by Crippen LogP contribution is 2.27. The first-order valence-electron chi connectivity index (χ1n) is 7.93. The van der Waals surface area contributed by atoms with E-state index in [-0.39, 0.29) is 11.9 Å². The Bertz CT molecular complexity index is 504. The van der Waals surface area contributed by atoms with Crippen LogP contribution >= 0.6 is 0 Å². The molecule has 3 rings (SSSR count). The van der Waals surface area contributed by atoms with Gasteiger partial charge in [-0.25, -0.2) is 0 Å². The number of amides is 1. The van der Waals surface area contributed by atoms with Crippen LogP contribution in [0.2, 0.25) is 0 Å². The molecule has 2 aliphatic rings. The van der Waals surface area contributed by atoms with Crippen LogP contribution in [-0.4, -0.2) is 38.3 Å². The standard InChI is InChI=1S/C17H24N2O2/c1-12-8-14(13-2-5-18-6-3-13)10-15(9-12)17(20)19-16-4-7-21-11-16/h8-10,13,16,18H,2-7,11H2,1H3,(H,19,20). The lowest BCUT2D eigenvalue weighted by atomic mass is 9.88. The lowest BCUT2D eigenvalue weighted by Gasteiger charge is -2.24. The number of nitrogens with one attached hydrogen (secondary N) is 2. The Kier molecular flexibility index (Phi) is 4.56. The highest BCUT2D eigenvalue weighted by atomic mass is 16.5. The second-order valence-corrected chi connectivity index (χ2v) is 6.19. The van der Waals surface area contributed by atoms with Crippen molar-refractivity contribution in [1.29, 1.82) is 0 Å². The number of hydrogen-bond acceptors (Lipinski definition) is 3. The minimum atomic E-state index is 0.0318. The van der Waals surface area contributed by atoms with Crippen LogP contribution in [0.1, 0.15) is 46.7 Å². The molecule has 1 aromatic carbocycles. The molecule has 21 heavy (non-hydrogen) atoms. The van der Waals surface area contributed by atoms with E-state index >= 15 is 0 Å². The number of benzene rings is 1. The highest BCUT2D eigenvalue weighted by molar-refractivity contribution is 5.94. The van der Waals surface area contributed by atoms with Crippen molar-refractivity contribution < 1.29 is 9.53 Å².